The van der Waals surface area contributed by atoms with Crippen molar-refractivity contribution in [3.05, 3.63) is 29.3 Å². The Morgan fingerprint density at radius 3 is 2.50 bits per heavy atom. The van der Waals surface area contributed by atoms with Crippen LogP contribution in [-0.2, 0) is 16.6 Å². The van der Waals surface area contributed by atoms with Gasteiger partial charge in [-0.1, -0.05) is 0 Å². The average Bonchev–Trinajstić information content (AvgIpc) is 2.94. The fourth-order valence-electron chi connectivity index (χ4n) is 1.60. The first kappa shape index (κ1) is 13.4. The lowest BCUT2D eigenvalue weighted by atomic mass is 10.2. The molecule has 0 heterocycles. The first-order valence-corrected chi connectivity index (χ1v) is 6.89. The molecule has 1 fully saturated rings. The van der Waals surface area contributed by atoms with Crippen LogP contribution < -0.4 is 4.72 Å². The zero-order valence-corrected chi connectivity index (χ0v) is 10.5. The van der Waals surface area contributed by atoms with Crippen LogP contribution in [0.2, 0.25) is 0 Å². The third kappa shape index (κ3) is 2.38. The molecule has 1 aromatic rings. The van der Waals surface area contributed by atoms with E-state index < -0.39 is 44.3 Å². The van der Waals surface area contributed by atoms with Gasteiger partial charge in [-0.25, -0.2) is 21.9 Å². The summed E-state index contributed by atoms with van der Waals surface area (Å²) in [7, 11) is -4.04. The van der Waals surface area contributed by atoms with Crippen molar-refractivity contribution in [3.63, 3.8) is 0 Å². The number of sulfonamides is 1. The van der Waals surface area contributed by atoms with E-state index in [1.165, 1.54) is 0 Å². The molecule has 2 N–H and O–H groups in total. The third-order valence-electron chi connectivity index (χ3n) is 2.98. The van der Waals surface area contributed by atoms with E-state index in [1.54, 1.807) is 6.92 Å². The van der Waals surface area contributed by atoms with Gasteiger partial charge in [-0.15, -0.1) is 0 Å². The van der Waals surface area contributed by atoms with Crippen molar-refractivity contribution in [1.29, 1.82) is 0 Å². The van der Waals surface area contributed by atoms with Crippen molar-refractivity contribution >= 4 is 10.0 Å². The normalized spacial score (nSPS) is 17.8. The smallest absolute Gasteiger partial charge is 0.243 e. The minimum Gasteiger partial charge on any atom is -0.391 e. The fourth-order valence-corrected chi connectivity index (χ4v) is 3.17. The monoisotopic (exact) mass is 277 g/mol. The number of hydrogen-bond acceptors (Lipinski definition) is 3. The van der Waals surface area contributed by atoms with Crippen LogP contribution in [0.3, 0.4) is 0 Å². The summed E-state index contributed by atoms with van der Waals surface area (Å²) in [4.78, 5) is -0.638. The summed E-state index contributed by atoms with van der Waals surface area (Å²) in [5, 5.41) is 8.84. The summed E-state index contributed by atoms with van der Waals surface area (Å²) in [5.41, 5.74) is -1.18. The van der Waals surface area contributed by atoms with Gasteiger partial charge in [-0.2, -0.15) is 0 Å². The summed E-state index contributed by atoms with van der Waals surface area (Å²) >= 11 is 0. The van der Waals surface area contributed by atoms with Crippen LogP contribution in [0, 0.1) is 11.6 Å². The van der Waals surface area contributed by atoms with Crippen molar-refractivity contribution in [2.24, 2.45) is 0 Å². The molecule has 100 valence electrons. The molecule has 0 saturated heterocycles. The minimum atomic E-state index is -4.04. The zero-order chi connectivity index (χ0) is 13.6. The molecule has 1 aliphatic carbocycles. The highest BCUT2D eigenvalue weighted by Gasteiger charge is 2.42. The first-order valence-electron chi connectivity index (χ1n) is 5.41. The van der Waals surface area contributed by atoms with E-state index in [9.17, 15) is 17.2 Å². The second-order valence-electron chi connectivity index (χ2n) is 4.66. The highest BCUT2D eigenvalue weighted by Crippen LogP contribution is 2.36. The number of halogens is 2. The standard InChI is InChI=1S/C11H13F2NO3S/c1-11(4-5-11)14-18(16,17)9-3-2-8(12)7(6-15)10(9)13/h2-3,14-15H,4-6H2,1H3. The van der Waals surface area contributed by atoms with Gasteiger partial charge in [0.05, 0.1) is 12.2 Å². The Balaban J connectivity index is 2.45. The molecule has 4 nitrogen and oxygen atoms in total. The molecular weight excluding hydrogens is 264 g/mol. The van der Waals surface area contributed by atoms with E-state index in [4.69, 9.17) is 5.11 Å². The second kappa shape index (κ2) is 4.25. The van der Waals surface area contributed by atoms with Crippen LogP contribution in [-0.4, -0.2) is 19.1 Å². The highest BCUT2D eigenvalue weighted by atomic mass is 32.2. The molecule has 0 aliphatic heterocycles. The predicted molar refractivity (Wildman–Crippen MR) is 60.2 cm³/mol. The minimum absolute atomic E-state index is 0.543. The molecule has 1 aromatic carbocycles. The largest absolute Gasteiger partial charge is 0.391 e. The number of aliphatic hydroxyl groups is 1. The van der Waals surface area contributed by atoms with E-state index in [1.807, 2.05) is 0 Å². The Bertz CT molecular complexity index is 582. The van der Waals surface area contributed by atoms with Gasteiger partial charge in [0, 0.05) is 5.54 Å². The quantitative estimate of drug-likeness (QED) is 0.871. The summed E-state index contributed by atoms with van der Waals surface area (Å²) in [6.07, 6.45) is 1.36. The van der Waals surface area contributed by atoms with E-state index in [2.05, 4.69) is 4.72 Å². The van der Waals surface area contributed by atoms with Gasteiger partial charge in [0.2, 0.25) is 10.0 Å². The lowest BCUT2D eigenvalue weighted by Gasteiger charge is -2.14. The van der Waals surface area contributed by atoms with Crippen LogP contribution >= 0.6 is 0 Å². The Morgan fingerprint density at radius 2 is 2.00 bits per heavy atom. The Labute approximate surface area is 104 Å². The van der Waals surface area contributed by atoms with Gasteiger partial charge in [-0.3, -0.25) is 0 Å². The van der Waals surface area contributed by atoms with E-state index in [0.29, 0.717) is 12.8 Å². The maximum Gasteiger partial charge on any atom is 0.243 e. The van der Waals surface area contributed by atoms with Gasteiger partial charge in [-0.05, 0) is 31.9 Å². The van der Waals surface area contributed by atoms with Crippen molar-refractivity contribution in [2.45, 2.75) is 36.8 Å². The van der Waals surface area contributed by atoms with Gasteiger partial charge >= 0.3 is 0 Å². The van der Waals surface area contributed by atoms with Gasteiger partial charge in [0.15, 0.2) is 5.82 Å². The highest BCUT2D eigenvalue weighted by molar-refractivity contribution is 7.89. The van der Waals surface area contributed by atoms with Gasteiger partial charge in [0.25, 0.3) is 0 Å². The third-order valence-corrected chi connectivity index (χ3v) is 4.63. The Hall–Kier alpha value is -1.05. The van der Waals surface area contributed by atoms with Crippen molar-refractivity contribution in [3.8, 4) is 0 Å². The molecule has 18 heavy (non-hydrogen) atoms. The summed E-state index contributed by atoms with van der Waals surface area (Å²) in [6.45, 7) is 0.817. The van der Waals surface area contributed by atoms with Crippen LogP contribution in [0.1, 0.15) is 25.3 Å². The summed E-state index contributed by atoms with van der Waals surface area (Å²) in [6, 6.07) is 1.69. The summed E-state index contributed by atoms with van der Waals surface area (Å²) < 4.78 is 53.2. The van der Waals surface area contributed by atoms with Gasteiger partial charge in [0.1, 0.15) is 10.7 Å². The fraction of sp³-hybridized carbons (Fsp3) is 0.455. The molecule has 2 rings (SSSR count). The SMILES string of the molecule is CC1(NS(=O)(=O)c2ccc(F)c(CO)c2F)CC1. The van der Waals surface area contributed by atoms with Crippen molar-refractivity contribution in [2.75, 3.05) is 0 Å². The molecule has 0 amide bonds. The second-order valence-corrected chi connectivity index (χ2v) is 6.31. The van der Waals surface area contributed by atoms with E-state index in [0.717, 1.165) is 12.1 Å². The van der Waals surface area contributed by atoms with Crippen LogP contribution in [0.4, 0.5) is 8.78 Å². The number of rotatable bonds is 4. The number of aliphatic hydroxyl groups excluding tert-OH is 1. The lowest BCUT2D eigenvalue weighted by Crippen LogP contribution is -2.34. The maximum atomic E-state index is 13.8. The molecule has 1 saturated carbocycles. The molecule has 0 aromatic heterocycles. The lowest BCUT2D eigenvalue weighted by molar-refractivity contribution is 0.267. The first-order chi connectivity index (χ1) is 8.29. The predicted octanol–water partition coefficient (Wildman–Crippen LogP) is 1.29. The molecule has 1 aliphatic rings. The number of hydrogen-bond donors (Lipinski definition) is 2. The molecule has 0 unspecified atom stereocenters. The number of benzene rings is 1. The van der Waals surface area contributed by atoms with Crippen molar-refractivity contribution in [1.82, 2.24) is 4.72 Å². The van der Waals surface area contributed by atoms with Crippen LogP contribution in [0.15, 0.2) is 17.0 Å². The molecule has 7 heteroatoms. The topological polar surface area (TPSA) is 66.4 Å². The van der Waals surface area contributed by atoms with Crippen LogP contribution in [0.25, 0.3) is 0 Å². The Morgan fingerprint density at radius 1 is 1.39 bits per heavy atom. The Kier molecular flexibility index (Phi) is 3.16. The summed E-state index contributed by atoms with van der Waals surface area (Å²) in [5.74, 6) is -2.21. The molecule has 0 spiro atoms. The van der Waals surface area contributed by atoms with E-state index in [-0.39, 0.29) is 0 Å². The maximum absolute atomic E-state index is 13.8. The zero-order valence-electron chi connectivity index (χ0n) is 9.70. The van der Waals surface area contributed by atoms with Gasteiger partial charge < -0.3 is 5.11 Å². The van der Waals surface area contributed by atoms with E-state index >= 15 is 0 Å². The molecular formula is C11H13F2NO3S. The van der Waals surface area contributed by atoms with Crippen LogP contribution in [0.5, 0.6) is 0 Å². The molecule has 0 radical (unpaired) electrons. The van der Waals surface area contributed by atoms with Crippen molar-refractivity contribution < 1.29 is 22.3 Å². The number of nitrogens with one attached hydrogen (secondary N) is 1. The molecule has 0 bridgehead atoms. The molecule has 0 atom stereocenters. The average molecular weight is 277 g/mol.